The Labute approximate surface area is 123 Å². The predicted octanol–water partition coefficient (Wildman–Crippen LogP) is 3.82. The van der Waals surface area contributed by atoms with Crippen LogP contribution in [0.1, 0.15) is 30.4 Å². The normalized spacial score (nSPS) is 16.7. The summed E-state index contributed by atoms with van der Waals surface area (Å²) in [5.41, 5.74) is 2.84. The number of rotatable bonds is 3. The van der Waals surface area contributed by atoms with Crippen molar-refractivity contribution >= 4 is 22.6 Å². The van der Waals surface area contributed by atoms with Gasteiger partial charge in [-0.05, 0) is 18.9 Å². The van der Waals surface area contributed by atoms with Crippen molar-refractivity contribution in [1.29, 1.82) is 0 Å². The molecule has 1 aliphatic carbocycles. The van der Waals surface area contributed by atoms with E-state index in [-0.39, 0.29) is 11.5 Å². The van der Waals surface area contributed by atoms with Gasteiger partial charge in [0, 0.05) is 25.6 Å². The highest BCUT2D eigenvalue weighted by Gasteiger charge is 2.24. The lowest BCUT2D eigenvalue weighted by molar-refractivity contribution is -0.115. The Morgan fingerprint density at radius 3 is 2.60 bits per heavy atom. The molecule has 0 aromatic heterocycles. The van der Waals surface area contributed by atoms with Gasteiger partial charge in [-0.25, -0.2) is 0 Å². The van der Waals surface area contributed by atoms with Crippen molar-refractivity contribution in [1.82, 2.24) is 0 Å². The van der Waals surface area contributed by atoms with Gasteiger partial charge in [-0.2, -0.15) is 0 Å². The van der Waals surface area contributed by atoms with E-state index in [1.807, 2.05) is 0 Å². The standard InChI is InChI=1S/C16H19NO2S/c1-11-6-8-12(9-7-11)10-20-16(17-2)15-13(18)4-3-5-14(15)19/h6-9,18H,3-5,10H2,1-2H3. The smallest absolute Gasteiger partial charge is 0.168 e. The number of hydrogen-bond donors (Lipinski definition) is 1. The summed E-state index contributed by atoms with van der Waals surface area (Å²) in [5, 5.41) is 10.6. The summed E-state index contributed by atoms with van der Waals surface area (Å²) in [6, 6.07) is 8.29. The quantitative estimate of drug-likeness (QED) is 0.679. The molecule has 0 aliphatic heterocycles. The van der Waals surface area contributed by atoms with Crippen LogP contribution < -0.4 is 0 Å². The highest BCUT2D eigenvalue weighted by molar-refractivity contribution is 8.13. The summed E-state index contributed by atoms with van der Waals surface area (Å²) in [4.78, 5) is 16.1. The van der Waals surface area contributed by atoms with Crippen LogP contribution in [0.25, 0.3) is 0 Å². The van der Waals surface area contributed by atoms with Crippen molar-refractivity contribution < 1.29 is 9.90 Å². The van der Waals surface area contributed by atoms with Crippen LogP contribution >= 0.6 is 11.8 Å². The highest BCUT2D eigenvalue weighted by Crippen LogP contribution is 2.27. The molecule has 0 atom stereocenters. The van der Waals surface area contributed by atoms with Crippen molar-refractivity contribution in [2.45, 2.75) is 31.9 Å². The van der Waals surface area contributed by atoms with Crippen LogP contribution in [0.4, 0.5) is 0 Å². The van der Waals surface area contributed by atoms with E-state index in [4.69, 9.17) is 0 Å². The summed E-state index contributed by atoms with van der Waals surface area (Å²) in [6.07, 6.45) is 1.81. The fourth-order valence-corrected chi connectivity index (χ4v) is 3.16. The van der Waals surface area contributed by atoms with Crippen molar-refractivity contribution in [2.24, 2.45) is 4.99 Å². The Kier molecular flexibility index (Phi) is 5.01. The van der Waals surface area contributed by atoms with E-state index in [1.54, 1.807) is 7.05 Å². The molecule has 0 saturated heterocycles. The first kappa shape index (κ1) is 14.9. The Morgan fingerprint density at radius 1 is 1.30 bits per heavy atom. The third kappa shape index (κ3) is 3.51. The number of aryl methyl sites for hydroxylation is 1. The minimum atomic E-state index is 0.00533. The average Bonchev–Trinajstić information content (AvgIpc) is 2.44. The molecule has 0 saturated carbocycles. The third-order valence-electron chi connectivity index (χ3n) is 3.30. The fraction of sp³-hybridized carbons (Fsp3) is 0.375. The van der Waals surface area contributed by atoms with E-state index in [0.717, 1.165) is 12.2 Å². The number of aliphatic hydroxyl groups is 1. The number of ketones is 1. The largest absolute Gasteiger partial charge is 0.511 e. The molecule has 3 nitrogen and oxygen atoms in total. The van der Waals surface area contributed by atoms with Crippen molar-refractivity contribution in [3.05, 3.63) is 46.7 Å². The Morgan fingerprint density at radius 2 is 2.00 bits per heavy atom. The van der Waals surface area contributed by atoms with Crippen LogP contribution in [-0.4, -0.2) is 23.0 Å². The van der Waals surface area contributed by atoms with E-state index < -0.39 is 0 Å². The number of benzene rings is 1. The van der Waals surface area contributed by atoms with Gasteiger partial charge in [-0.3, -0.25) is 9.79 Å². The van der Waals surface area contributed by atoms with Gasteiger partial charge in [0.2, 0.25) is 0 Å². The zero-order valence-corrected chi connectivity index (χ0v) is 12.7. The van der Waals surface area contributed by atoms with Gasteiger partial charge >= 0.3 is 0 Å². The van der Waals surface area contributed by atoms with Crippen LogP contribution in [0.3, 0.4) is 0 Å². The maximum atomic E-state index is 11.9. The maximum Gasteiger partial charge on any atom is 0.168 e. The van der Waals surface area contributed by atoms with Crippen LogP contribution in [0.2, 0.25) is 0 Å². The van der Waals surface area contributed by atoms with E-state index >= 15 is 0 Å². The monoisotopic (exact) mass is 289 g/mol. The number of carbonyl (C=O) groups excluding carboxylic acids is 1. The van der Waals surface area contributed by atoms with Crippen molar-refractivity contribution in [2.75, 3.05) is 7.05 Å². The second-order valence-electron chi connectivity index (χ2n) is 4.90. The summed E-state index contributed by atoms with van der Waals surface area (Å²) < 4.78 is 0. The molecule has 0 unspecified atom stereocenters. The van der Waals surface area contributed by atoms with Crippen LogP contribution in [0.15, 0.2) is 40.6 Å². The molecule has 0 spiro atoms. The van der Waals surface area contributed by atoms with Gasteiger partial charge in [-0.15, -0.1) is 11.8 Å². The molecule has 20 heavy (non-hydrogen) atoms. The Balaban J connectivity index is 2.10. The van der Waals surface area contributed by atoms with Gasteiger partial charge in [0.1, 0.15) is 10.8 Å². The summed E-state index contributed by atoms with van der Waals surface area (Å²) in [5.74, 6) is 0.945. The first-order valence-electron chi connectivity index (χ1n) is 6.72. The number of aliphatic imine (C=N–C) groups is 1. The SMILES string of the molecule is CN=C(SCc1ccc(C)cc1)C1=C(O)CCCC1=O. The molecular formula is C16H19NO2S. The summed E-state index contributed by atoms with van der Waals surface area (Å²) >= 11 is 1.51. The van der Waals surface area contributed by atoms with Crippen LogP contribution in [0, 0.1) is 6.92 Å². The van der Waals surface area contributed by atoms with Crippen molar-refractivity contribution in [3.8, 4) is 0 Å². The minimum absolute atomic E-state index is 0.00533. The molecule has 1 aromatic rings. The van der Waals surface area contributed by atoms with Gasteiger partial charge in [0.05, 0.1) is 5.57 Å². The molecular weight excluding hydrogens is 270 g/mol. The molecule has 0 bridgehead atoms. The van der Waals surface area contributed by atoms with E-state index in [0.29, 0.717) is 23.5 Å². The zero-order chi connectivity index (χ0) is 14.5. The Hall–Kier alpha value is -1.55. The average molecular weight is 289 g/mol. The molecule has 0 radical (unpaired) electrons. The summed E-state index contributed by atoms with van der Waals surface area (Å²) in [6.45, 7) is 2.05. The second-order valence-corrected chi connectivity index (χ2v) is 5.87. The lowest BCUT2D eigenvalue weighted by Crippen LogP contribution is -2.17. The zero-order valence-electron chi connectivity index (χ0n) is 11.8. The van der Waals surface area contributed by atoms with E-state index in [2.05, 4.69) is 36.2 Å². The van der Waals surface area contributed by atoms with Crippen LogP contribution in [0.5, 0.6) is 0 Å². The number of Topliss-reactive ketones (excluding diaryl/α,β-unsaturated/α-hetero) is 1. The van der Waals surface area contributed by atoms with E-state index in [9.17, 15) is 9.90 Å². The van der Waals surface area contributed by atoms with Crippen molar-refractivity contribution in [3.63, 3.8) is 0 Å². The first-order chi connectivity index (χ1) is 9.61. The molecule has 1 aromatic carbocycles. The molecule has 1 aliphatic rings. The number of allylic oxidation sites excluding steroid dienone is 1. The van der Waals surface area contributed by atoms with E-state index in [1.165, 1.54) is 22.9 Å². The van der Waals surface area contributed by atoms with Crippen LogP contribution in [-0.2, 0) is 10.5 Å². The summed E-state index contributed by atoms with van der Waals surface area (Å²) in [7, 11) is 1.67. The minimum Gasteiger partial charge on any atom is -0.511 e. The van der Waals surface area contributed by atoms with Gasteiger partial charge in [0.15, 0.2) is 5.78 Å². The molecule has 2 rings (SSSR count). The number of thioether (sulfide) groups is 1. The number of carbonyl (C=O) groups is 1. The predicted molar refractivity (Wildman–Crippen MR) is 84.3 cm³/mol. The first-order valence-corrected chi connectivity index (χ1v) is 7.71. The molecule has 0 fully saturated rings. The maximum absolute atomic E-state index is 11.9. The van der Waals surface area contributed by atoms with Gasteiger partial charge in [0.25, 0.3) is 0 Å². The molecule has 1 N–H and O–H groups in total. The number of hydrogen-bond acceptors (Lipinski definition) is 4. The second kappa shape index (κ2) is 6.75. The highest BCUT2D eigenvalue weighted by atomic mass is 32.2. The Bertz CT molecular complexity index is 558. The fourth-order valence-electron chi connectivity index (χ4n) is 2.15. The molecule has 4 heteroatoms. The lowest BCUT2D eigenvalue weighted by atomic mass is 9.97. The number of aliphatic hydroxyl groups excluding tert-OH is 1. The van der Waals surface area contributed by atoms with Gasteiger partial charge < -0.3 is 5.11 Å². The number of nitrogens with zero attached hydrogens (tertiary/aromatic N) is 1. The third-order valence-corrected chi connectivity index (χ3v) is 4.44. The molecule has 106 valence electrons. The molecule has 0 amide bonds. The topological polar surface area (TPSA) is 49.7 Å². The lowest BCUT2D eigenvalue weighted by Gasteiger charge is -2.16. The van der Waals surface area contributed by atoms with Gasteiger partial charge in [-0.1, -0.05) is 29.8 Å². The molecule has 0 heterocycles.